The number of hydrogen-bond acceptors (Lipinski definition) is 2. The predicted octanol–water partition coefficient (Wildman–Crippen LogP) is 3.10. The van der Waals surface area contributed by atoms with E-state index in [1.165, 1.54) is 0 Å². The second-order valence-corrected chi connectivity index (χ2v) is 6.90. The SMILES string of the molecule is CCCS(=O)(=O)NC(CC(C)C)c1ccccc1. The van der Waals surface area contributed by atoms with Crippen LogP contribution in [-0.2, 0) is 10.0 Å². The van der Waals surface area contributed by atoms with Crippen molar-refractivity contribution in [2.75, 3.05) is 5.75 Å². The van der Waals surface area contributed by atoms with Gasteiger partial charge in [0.2, 0.25) is 10.0 Å². The maximum absolute atomic E-state index is 11.9. The third-order valence-corrected chi connectivity index (χ3v) is 4.29. The second-order valence-electron chi connectivity index (χ2n) is 5.03. The molecule has 0 bridgehead atoms. The molecule has 1 aromatic rings. The van der Waals surface area contributed by atoms with Crippen molar-refractivity contribution in [3.8, 4) is 0 Å². The molecule has 102 valence electrons. The molecule has 0 saturated carbocycles. The summed E-state index contributed by atoms with van der Waals surface area (Å²) in [5.74, 6) is 0.633. The predicted molar refractivity (Wildman–Crippen MR) is 75.9 cm³/mol. The second kappa shape index (κ2) is 6.90. The van der Waals surface area contributed by atoms with E-state index in [-0.39, 0.29) is 11.8 Å². The van der Waals surface area contributed by atoms with Gasteiger partial charge < -0.3 is 0 Å². The van der Waals surface area contributed by atoms with Crippen LogP contribution < -0.4 is 4.72 Å². The zero-order valence-corrected chi connectivity index (χ0v) is 12.2. The van der Waals surface area contributed by atoms with Gasteiger partial charge in [-0.15, -0.1) is 0 Å². The lowest BCUT2D eigenvalue weighted by Crippen LogP contribution is -2.31. The van der Waals surface area contributed by atoms with E-state index in [0.717, 1.165) is 12.0 Å². The lowest BCUT2D eigenvalue weighted by molar-refractivity contribution is 0.472. The van der Waals surface area contributed by atoms with Gasteiger partial charge >= 0.3 is 0 Å². The summed E-state index contributed by atoms with van der Waals surface area (Å²) in [4.78, 5) is 0. The van der Waals surface area contributed by atoms with E-state index in [9.17, 15) is 8.42 Å². The smallest absolute Gasteiger partial charge is 0.212 e. The largest absolute Gasteiger partial charge is 0.212 e. The van der Waals surface area contributed by atoms with E-state index in [2.05, 4.69) is 18.6 Å². The standard InChI is InChI=1S/C14H23NO2S/c1-4-10-18(16,17)15-14(11-12(2)3)13-8-6-5-7-9-13/h5-9,12,14-15H,4,10-11H2,1-3H3. The van der Waals surface area contributed by atoms with Gasteiger partial charge in [-0.2, -0.15) is 0 Å². The maximum atomic E-state index is 11.9. The Balaban J connectivity index is 2.86. The number of benzene rings is 1. The number of nitrogens with one attached hydrogen (secondary N) is 1. The molecule has 0 aliphatic carbocycles. The van der Waals surface area contributed by atoms with Gasteiger partial charge in [0.1, 0.15) is 0 Å². The molecule has 1 unspecified atom stereocenters. The lowest BCUT2D eigenvalue weighted by Gasteiger charge is -2.21. The van der Waals surface area contributed by atoms with Crippen LogP contribution in [0.4, 0.5) is 0 Å². The van der Waals surface area contributed by atoms with Crippen molar-refractivity contribution in [1.82, 2.24) is 4.72 Å². The first-order valence-electron chi connectivity index (χ1n) is 6.49. The van der Waals surface area contributed by atoms with Gasteiger partial charge in [0.15, 0.2) is 0 Å². The van der Waals surface area contributed by atoms with Gasteiger partial charge in [0.05, 0.1) is 5.75 Å². The minimum Gasteiger partial charge on any atom is -0.212 e. The summed E-state index contributed by atoms with van der Waals surface area (Å²) < 4.78 is 26.6. The summed E-state index contributed by atoms with van der Waals surface area (Å²) in [6, 6.07) is 9.65. The molecule has 18 heavy (non-hydrogen) atoms. The summed E-state index contributed by atoms with van der Waals surface area (Å²) in [6.45, 7) is 6.08. The highest BCUT2D eigenvalue weighted by molar-refractivity contribution is 7.89. The highest BCUT2D eigenvalue weighted by atomic mass is 32.2. The van der Waals surface area contributed by atoms with E-state index in [1.54, 1.807) is 0 Å². The minimum absolute atomic E-state index is 0.122. The summed E-state index contributed by atoms with van der Waals surface area (Å²) in [5.41, 5.74) is 1.03. The summed E-state index contributed by atoms with van der Waals surface area (Å²) in [7, 11) is -3.17. The third kappa shape index (κ3) is 5.19. The van der Waals surface area contributed by atoms with Crippen molar-refractivity contribution in [3.63, 3.8) is 0 Å². The normalized spacial score (nSPS) is 13.8. The fraction of sp³-hybridized carbons (Fsp3) is 0.571. The van der Waals surface area contributed by atoms with Gasteiger partial charge in [-0.05, 0) is 24.3 Å². The summed E-state index contributed by atoms with van der Waals surface area (Å²) in [6.07, 6.45) is 1.45. The average molecular weight is 269 g/mol. The third-order valence-electron chi connectivity index (χ3n) is 2.70. The fourth-order valence-corrected chi connectivity index (χ4v) is 3.27. The Morgan fingerprint density at radius 3 is 2.28 bits per heavy atom. The molecule has 0 saturated heterocycles. The van der Waals surface area contributed by atoms with E-state index in [4.69, 9.17) is 0 Å². The van der Waals surface area contributed by atoms with Crippen molar-refractivity contribution in [2.24, 2.45) is 5.92 Å². The molecular weight excluding hydrogens is 246 g/mol. The molecule has 4 heteroatoms. The van der Waals surface area contributed by atoms with E-state index in [0.29, 0.717) is 12.3 Å². The van der Waals surface area contributed by atoms with Crippen molar-refractivity contribution in [2.45, 2.75) is 39.7 Å². The fourth-order valence-electron chi connectivity index (χ4n) is 1.95. The van der Waals surface area contributed by atoms with Crippen LogP contribution in [0.1, 0.15) is 45.2 Å². The molecule has 0 spiro atoms. The molecule has 0 heterocycles. The first-order valence-corrected chi connectivity index (χ1v) is 8.14. The monoisotopic (exact) mass is 269 g/mol. The van der Waals surface area contributed by atoms with Crippen molar-refractivity contribution >= 4 is 10.0 Å². The highest BCUT2D eigenvalue weighted by Crippen LogP contribution is 2.22. The quantitative estimate of drug-likeness (QED) is 0.826. The van der Waals surface area contributed by atoms with Crippen LogP contribution in [0.2, 0.25) is 0 Å². The maximum Gasteiger partial charge on any atom is 0.212 e. The molecule has 0 radical (unpaired) electrons. The van der Waals surface area contributed by atoms with Crippen LogP contribution >= 0.6 is 0 Å². The zero-order chi connectivity index (χ0) is 13.6. The van der Waals surface area contributed by atoms with E-state index in [1.807, 2.05) is 37.3 Å². The first-order chi connectivity index (χ1) is 8.44. The van der Waals surface area contributed by atoms with Gasteiger partial charge in [-0.25, -0.2) is 13.1 Å². The highest BCUT2D eigenvalue weighted by Gasteiger charge is 2.19. The summed E-state index contributed by atoms with van der Waals surface area (Å²) in [5, 5.41) is 0. The minimum atomic E-state index is -3.17. The van der Waals surface area contributed by atoms with Gasteiger partial charge in [0.25, 0.3) is 0 Å². The van der Waals surface area contributed by atoms with Crippen molar-refractivity contribution in [3.05, 3.63) is 35.9 Å². The number of sulfonamides is 1. The summed E-state index contributed by atoms with van der Waals surface area (Å²) >= 11 is 0. The van der Waals surface area contributed by atoms with E-state index < -0.39 is 10.0 Å². The van der Waals surface area contributed by atoms with Crippen LogP contribution in [0.15, 0.2) is 30.3 Å². The van der Waals surface area contributed by atoms with Crippen LogP contribution in [0.5, 0.6) is 0 Å². The Hall–Kier alpha value is -0.870. The van der Waals surface area contributed by atoms with Gasteiger partial charge in [-0.1, -0.05) is 51.1 Å². The van der Waals surface area contributed by atoms with Crippen molar-refractivity contribution < 1.29 is 8.42 Å². The van der Waals surface area contributed by atoms with Gasteiger partial charge in [-0.3, -0.25) is 0 Å². The Morgan fingerprint density at radius 2 is 1.78 bits per heavy atom. The Kier molecular flexibility index (Phi) is 5.82. The molecule has 1 N–H and O–H groups in total. The number of hydrogen-bond donors (Lipinski definition) is 1. The topological polar surface area (TPSA) is 46.2 Å². The molecule has 1 rings (SSSR count). The Morgan fingerprint density at radius 1 is 1.17 bits per heavy atom. The average Bonchev–Trinajstić information content (AvgIpc) is 2.28. The molecule has 3 nitrogen and oxygen atoms in total. The van der Waals surface area contributed by atoms with Crippen LogP contribution in [0.3, 0.4) is 0 Å². The van der Waals surface area contributed by atoms with Crippen LogP contribution in [0, 0.1) is 5.92 Å². The molecule has 0 aliphatic heterocycles. The van der Waals surface area contributed by atoms with Crippen LogP contribution in [-0.4, -0.2) is 14.2 Å². The molecule has 0 fully saturated rings. The van der Waals surface area contributed by atoms with Crippen LogP contribution in [0.25, 0.3) is 0 Å². The Labute approximate surface area is 111 Å². The van der Waals surface area contributed by atoms with Crippen molar-refractivity contribution in [1.29, 1.82) is 0 Å². The molecular formula is C14H23NO2S. The zero-order valence-electron chi connectivity index (χ0n) is 11.4. The first kappa shape index (κ1) is 15.2. The molecule has 0 aromatic heterocycles. The van der Waals surface area contributed by atoms with E-state index >= 15 is 0 Å². The lowest BCUT2D eigenvalue weighted by atomic mass is 9.98. The number of rotatable bonds is 7. The molecule has 0 aliphatic rings. The molecule has 0 amide bonds. The Bertz CT molecular complexity index is 440. The molecule has 1 atom stereocenters. The van der Waals surface area contributed by atoms with Gasteiger partial charge in [0, 0.05) is 6.04 Å². The molecule has 1 aromatic carbocycles.